The van der Waals surface area contributed by atoms with Crippen molar-refractivity contribution in [2.45, 2.75) is 0 Å². The first kappa shape index (κ1) is 14.9. The number of nitrogens with two attached hydrogens (primary N) is 1. The van der Waals surface area contributed by atoms with Crippen LogP contribution in [0.15, 0.2) is 24.3 Å². The van der Waals surface area contributed by atoms with Crippen molar-refractivity contribution in [2.24, 2.45) is 5.73 Å². The van der Waals surface area contributed by atoms with Gasteiger partial charge in [0.2, 0.25) is 16.5 Å². The Morgan fingerprint density at radius 1 is 0.944 bits per heavy atom. The van der Waals surface area contributed by atoms with Gasteiger partial charge in [0.1, 0.15) is 0 Å². The number of aromatic nitrogens is 3. The fourth-order valence-electron chi connectivity index (χ4n) is 1.06. The predicted octanol–water partition coefficient (Wildman–Crippen LogP) is 3.15. The number of halogens is 3. The van der Waals surface area contributed by atoms with Crippen LogP contribution in [0.4, 0.5) is 11.6 Å². The minimum atomic E-state index is 0.0227. The molecule has 0 aliphatic heterocycles. The van der Waals surface area contributed by atoms with E-state index in [0.29, 0.717) is 10.7 Å². The molecule has 2 aromatic rings. The van der Waals surface area contributed by atoms with E-state index in [1.54, 1.807) is 12.1 Å². The Balaban J connectivity index is 0.000000771. The van der Waals surface area contributed by atoms with Crippen molar-refractivity contribution in [1.29, 1.82) is 0 Å². The lowest BCUT2D eigenvalue weighted by molar-refractivity contribution is 1.05. The Bertz CT molecular complexity index is 500. The maximum absolute atomic E-state index is 5.95. The van der Waals surface area contributed by atoms with Crippen molar-refractivity contribution in [3.8, 4) is 0 Å². The Morgan fingerprint density at radius 3 is 2.06 bits per heavy atom. The van der Waals surface area contributed by atoms with Gasteiger partial charge in [-0.2, -0.15) is 15.0 Å². The van der Waals surface area contributed by atoms with Gasteiger partial charge in [0.05, 0.1) is 10.7 Å². The summed E-state index contributed by atoms with van der Waals surface area (Å²) in [7, 11) is 1.50. The van der Waals surface area contributed by atoms with Crippen LogP contribution in [-0.2, 0) is 0 Å². The van der Waals surface area contributed by atoms with Crippen molar-refractivity contribution in [3.63, 3.8) is 0 Å². The molecule has 1 heterocycles. The first-order valence-corrected chi connectivity index (χ1v) is 5.95. The molecule has 0 saturated carbocycles. The molecule has 0 radical (unpaired) electrons. The van der Waals surface area contributed by atoms with Gasteiger partial charge in [0.15, 0.2) is 0 Å². The minimum Gasteiger partial charge on any atom is -0.333 e. The Kier molecular flexibility index (Phi) is 6.07. The lowest BCUT2D eigenvalue weighted by atomic mass is 10.3. The third-order valence-electron chi connectivity index (χ3n) is 1.70. The lowest BCUT2D eigenvalue weighted by Gasteiger charge is -2.06. The van der Waals surface area contributed by atoms with Gasteiger partial charge in [0, 0.05) is 0 Å². The molecule has 1 aromatic carbocycles. The highest BCUT2D eigenvalue weighted by molar-refractivity contribution is 6.33. The highest BCUT2D eigenvalue weighted by atomic mass is 35.5. The quantitative estimate of drug-likeness (QED) is 0.891. The van der Waals surface area contributed by atoms with Gasteiger partial charge in [-0.05, 0) is 42.4 Å². The van der Waals surface area contributed by atoms with E-state index in [-0.39, 0.29) is 16.5 Å². The summed E-state index contributed by atoms with van der Waals surface area (Å²) in [6.07, 6.45) is 0. The van der Waals surface area contributed by atoms with Gasteiger partial charge in [-0.25, -0.2) is 0 Å². The van der Waals surface area contributed by atoms with Crippen LogP contribution in [0.25, 0.3) is 0 Å². The summed E-state index contributed by atoms with van der Waals surface area (Å²) in [5.41, 5.74) is 5.17. The molecule has 1 aromatic heterocycles. The molecule has 2 rings (SSSR count). The van der Waals surface area contributed by atoms with Crippen LogP contribution in [0.5, 0.6) is 0 Å². The molecule has 0 aliphatic carbocycles. The second-order valence-corrected chi connectivity index (χ2v) is 3.89. The van der Waals surface area contributed by atoms with Crippen molar-refractivity contribution in [3.05, 3.63) is 39.9 Å². The Labute approximate surface area is 119 Å². The number of anilines is 2. The lowest BCUT2D eigenvalue weighted by Crippen LogP contribution is -1.99. The zero-order valence-corrected chi connectivity index (χ0v) is 11.6. The molecule has 5 nitrogen and oxygen atoms in total. The number of nitrogens with zero attached hydrogens (tertiary/aromatic N) is 3. The standard InChI is InChI=1S/C9H5Cl3N4.CH5N/c10-5-3-1-2-4-6(5)13-9-15-7(11)14-8(12)16-9;1-2/h1-4H,(H,13,14,15,16);2H2,1H3. The zero-order chi connectivity index (χ0) is 13.5. The maximum Gasteiger partial charge on any atom is 0.232 e. The van der Waals surface area contributed by atoms with Crippen molar-refractivity contribution < 1.29 is 0 Å². The van der Waals surface area contributed by atoms with Gasteiger partial charge in [-0.1, -0.05) is 23.7 Å². The van der Waals surface area contributed by atoms with Crippen LogP contribution in [0.2, 0.25) is 15.6 Å². The van der Waals surface area contributed by atoms with E-state index in [0.717, 1.165) is 0 Å². The molecule has 18 heavy (non-hydrogen) atoms. The third kappa shape index (κ3) is 4.27. The highest BCUT2D eigenvalue weighted by Gasteiger charge is 2.05. The molecule has 0 atom stereocenters. The number of hydrogen-bond donors (Lipinski definition) is 2. The van der Waals surface area contributed by atoms with Gasteiger partial charge in [-0.3, -0.25) is 0 Å². The molecule has 0 amide bonds. The summed E-state index contributed by atoms with van der Waals surface area (Å²) in [5, 5.41) is 3.49. The van der Waals surface area contributed by atoms with Crippen LogP contribution >= 0.6 is 34.8 Å². The summed E-state index contributed by atoms with van der Waals surface area (Å²) < 4.78 is 0. The van der Waals surface area contributed by atoms with Crippen LogP contribution in [0, 0.1) is 0 Å². The first-order chi connectivity index (χ1) is 8.65. The van der Waals surface area contributed by atoms with Crippen LogP contribution < -0.4 is 11.1 Å². The highest BCUT2D eigenvalue weighted by Crippen LogP contribution is 2.23. The largest absolute Gasteiger partial charge is 0.333 e. The summed E-state index contributed by atoms with van der Waals surface area (Å²) in [5.74, 6) is 0.248. The molecule has 0 saturated heterocycles. The van der Waals surface area contributed by atoms with Crippen molar-refractivity contribution in [1.82, 2.24) is 15.0 Å². The van der Waals surface area contributed by atoms with Crippen LogP contribution in [0.3, 0.4) is 0 Å². The van der Waals surface area contributed by atoms with Crippen LogP contribution in [-0.4, -0.2) is 22.0 Å². The Morgan fingerprint density at radius 2 is 1.50 bits per heavy atom. The molecule has 0 bridgehead atoms. The third-order valence-corrected chi connectivity index (χ3v) is 2.37. The van der Waals surface area contributed by atoms with Gasteiger partial charge in [-0.15, -0.1) is 0 Å². The second-order valence-electron chi connectivity index (χ2n) is 2.80. The number of nitrogens with one attached hydrogen (secondary N) is 1. The summed E-state index contributed by atoms with van der Waals surface area (Å²) in [6, 6.07) is 7.18. The number of para-hydroxylation sites is 1. The predicted molar refractivity (Wildman–Crippen MR) is 74.7 cm³/mol. The smallest absolute Gasteiger partial charge is 0.232 e. The summed E-state index contributed by atoms with van der Waals surface area (Å²) in [6.45, 7) is 0. The maximum atomic E-state index is 5.95. The molecule has 3 N–H and O–H groups in total. The van der Waals surface area contributed by atoms with Gasteiger partial charge >= 0.3 is 0 Å². The minimum absolute atomic E-state index is 0.0227. The zero-order valence-electron chi connectivity index (χ0n) is 9.36. The normalized spacial score (nSPS) is 9.39. The molecular weight excluding hydrogens is 297 g/mol. The molecular formula is C10H10Cl3N5. The average molecular weight is 307 g/mol. The monoisotopic (exact) mass is 305 g/mol. The molecule has 8 heteroatoms. The van der Waals surface area contributed by atoms with E-state index >= 15 is 0 Å². The Hall–Kier alpha value is -1.14. The molecule has 96 valence electrons. The van der Waals surface area contributed by atoms with E-state index in [2.05, 4.69) is 26.0 Å². The number of hydrogen-bond acceptors (Lipinski definition) is 5. The average Bonchev–Trinajstić information content (AvgIpc) is 2.33. The molecule has 0 unspecified atom stereocenters. The van der Waals surface area contributed by atoms with E-state index in [1.807, 2.05) is 12.1 Å². The van der Waals surface area contributed by atoms with Crippen molar-refractivity contribution in [2.75, 3.05) is 12.4 Å². The molecule has 0 fully saturated rings. The SMILES string of the molecule is CN.Clc1nc(Cl)nc(Nc2ccccc2Cl)n1. The topological polar surface area (TPSA) is 76.7 Å². The summed E-state index contributed by atoms with van der Waals surface area (Å²) >= 11 is 17.2. The number of benzene rings is 1. The second kappa shape index (κ2) is 7.33. The summed E-state index contributed by atoms with van der Waals surface area (Å²) in [4.78, 5) is 11.4. The van der Waals surface area contributed by atoms with Gasteiger partial charge < -0.3 is 11.1 Å². The number of rotatable bonds is 2. The van der Waals surface area contributed by atoms with E-state index < -0.39 is 0 Å². The molecule has 0 spiro atoms. The van der Waals surface area contributed by atoms with E-state index in [4.69, 9.17) is 34.8 Å². The van der Waals surface area contributed by atoms with E-state index in [1.165, 1.54) is 7.05 Å². The van der Waals surface area contributed by atoms with Crippen molar-refractivity contribution >= 4 is 46.4 Å². The fraction of sp³-hybridized carbons (Fsp3) is 0.100. The van der Waals surface area contributed by atoms with Crippen LogP contribution in [0.1, 0.15) is 0 Å². The molecule has 0 aliphatic rings. The fourth-order valence-corrected chi connectivity index (χ4v) is 1.61. The van der Waals surface area contributed by atoms with E-state index in [9.17, 15) is 0 Å². The van der Waals surface area contributed by atoms with Gasteiger partial charge in [0.25, 0.3) is 0 Å². The first-order valence-electron chi connectivity index (χ1n) is 4.81.